The van der Waals surface area contributed by atoms with E-state index in [-0.39, 0.29) is 6.04 Å². The smallest absolute Gasteiger partial charge is 0.0423 e. The fourth-order valence-electron chi connectivity index (χ4n) is 2.27. The molecule has 1 heterocycles. The summed E-state index contributed by atoms with van der Waals surface area (Å²) in [7, 11) is 0. The first-order chi connectivity index (χ1) is 8.58. The van der Waals surface area contributed by atoms with Crippen molar-refractivity contribution in [2.45, 2.75) is 26.3 Å². The van der Waals surface area contributed by atoms with Gasteiger partial charge in [-0.1, -0.05) is 18.2 Å². The van der Waals surface area contributed by atoms with E-state index in [0.717, 1.165) is 16.6 Å². The predicted molar refractivity (Wildman–Crippen MR) is 78.5 cm³/mol. The van der Waals surface area contributed by atoms with E-state index in [1.807, 2.05) is 18.3 Å². The molecule has 94 valence electrons. The van der Waals surface area contributed by atoms with Gasteiger partial charge in [-0.15, -0.1) is 0 Å². The monoisotopic (exact) mass is 304 g/mol. The number of pyridine rings is 1. The maximum atomic E-state index is 6.32. The van der Waals surface area contributed by atoms with Gasteiger partial charge in [-0.05, 0) is 58.6 Å². The molecule has 0 saturated heterocycles. The highest BCUT2D eigenvalue weighted by atomic mass is 79.9. The molecular formula is C15H17BrN2. The van der Waals surface area contributed by atoms with E-state index in [0.29, 0.717) is 0 Å². The summed E-state index contributed by atoms with van der Waals surface area (Å²) in [6, 6.07) is 10.3. The van der Waals surface area contributed by atoms with Gasteiger partial charge < -0.3 is 5.73 Å². The zero-order chi connectivity index (χ0) is 13.1. The third-order valence-electron chi connectivity index (χ3n) is 3.13. The van der Waals surface area contributed by atoms with Crippen molar-refractivity contribution in [2.24, 2.45) is 5.73 Å². The maximum absolute atomic E-state index is 6.32. The summed E-state index contributed by atoms with van der Waals surface area (Å²) in [6.07, 6.45) is 2.58. The molecule has 0 aliphatic rings. The SMILES string of the molecule is Cc1cccc(C)c1C(N)Cc1ccc(Br)cn1. The van der Waals surface area contributed by atoms with Crippen molar-refractivity contribution < 1.29 is 0 Å². The number of hydrogen-bond donors (Lipinski definition) is 1. The Morgan fingerprint density at radius 3 is 2.39 bits per heavy atom. The Labute approximate surface area is 116 Å². The van der Waals surface area contributed by atoms with E-state index in [4.69, 9.17) is 5.73 Å². The van der Waals surface area contributed by atoms with E-state index < -0.39 is 0 Å². The zero-order valence-corrected chi connectivity index (χ0v) is 12.2. The van der Waals surface area contributed by atoms with Crippen molar-refractivity contribution >= 4 is 15.9 Å². The molecule has 2 nitrogen and oxygen atoms in total. The number of nitrogens with two attached hydrogens (primary N) is 1. The molecule has 2 rings (SSSR count). The standard InChI is InChI=1S/C15H17BrN2/c1-10-4-3-5-11(2)15(10)14(17)8-13-7-6-12(16)9-18-13/h3-7,9,14H,8,17H2,1-2H3. The van der Waals surface area contributed by atoms with E-state index in [1.54, 1.807) is 0 Å². The quantitative estimate of drug-likeness (QED) is 0.939. The second kappa shape index (κ2) is 5.63. The summed E-state index contributed by atoms with van der Waals surface area (Å²) >= 11 is 3.39. The van der Waals surface area contributed by atoms with Crippen LogP contribution in [-0.2, 0) is 6.42 Å². The van der Waals surface area contributed by atoms with Crippen LogP contribution in [0.5, 0.6) is 0 Å². The van der Waals surface area contributed by atoms with Crippen LogP contribution in [0.1, 0.15) is 28.4 Å². The van der Waals surface area contributed by atoms with Crippen LogP contribution in [0.25, 0.3) is 0 Å². The molecule has 0 amide bonds. The highest BCUT2D eigenvalue weighted by Crippen LogP contribution is 2.23. The molecule has 0 radical (unpaired) electrons. The lowest BCUT2D eigenvalue weighted by Gasteiger charge is -2.17. The van der Waals surface area contributed by atoms with Crippen LogP contribution >= 0.6 is 15.9 Å². The van der Waals surface area contributed by atoms with Crippen molar-refractivity contribution in [3.8, 4) is 0 Å². The minimum absolute atomic E-state index is 0.000115. The number of aromatic nitrogens is 1. The molecule has 0 bridgehead atoms. The molecule has 2 N–H and O–H groups in total. The van der Waals surface area contributed by atoms with Crippen molar-refractivity contribution in [2.75, 3.05) is 0 Å². The van der Waals surface area contributed by atoms with Gasteiger partial charge >= 0.3 is 0 Å². The summed E-state index contributed by atoms with van der Waals surface area (Å²) in [4.78, 5) is 4.38. The number of nitrogens with zero attached hydrogens (tertiary/aromatic N) is 1. The molecule has 2 aromatic rings. The number of benzene rings is 1. The molecule has 1 atom stereocenters. The first-order valence-corrected chi connectivity index (χ1v) is 6.79. The minimum Gasteiger partial charge on any atom is -0.324 e. The molecule has 0 fully saturated rings. The molecular weight excluding hydrogens is 288 g/mol. The van der Waals surface area contributed by atoms with Gasteiger partial charge in [0.2, 0.25) is 0 Å². The highest BCUT2D eigenvalue weighted by molar-refractivity contribution is 9.10. The second-order valence-corrected chi connectivity index (χ2v) is 5.50. The van der Waals surface area contributed by atoms with Gasteiger partial charge in [-0.3, -0.25) is 4.98 Å². The lowest BCUT2D eigenvalue weighted by molar-refractivity contribution is 0.697. The summed E-state index contributed by atoms with van der Waals surface area (Å²) in [5.41, 5.74) is 11.1. The number of halogens is 1. The fourth-order valence-corrected chi connectivity index (χ4v) is 2.50. The van der Waals surface area contributed by atoms with Gasteiger partial charge in [0.1, 0.15) is 0 Å². The molecule has 0 aliphatic carbocycles. The fraction of sp³-hybridized carbons (Fsp3) is 0.267. The Balaban J connectivity index is 2.22. The normalized spacial score (nSPS) is 12.4. The van der Waals surface area contributed by atoms with Crippen molar-refractivity contribution in [1.29, 1.82) is 0 Å². The molecule has 1 aromatic carbocycles. The third-order valence-corrected chi connectivity index (χ3v) is 3.60. The number of aryl methyl sites for hydroxylation is 2. The van der Waals surface area contributed by atoms with E-state index in [9.17, 15) is 0 Å². The van der Waals surface area contributed by atoms with E-state index >= 15 is 0 Å². The van der Waals surface area contributed by atoms with Gasteiger partial charge in [0.15, 0.2) is 0 Å². The van der Waals surface area contributed by atoms with E-state index in [1.165, 1.54) is 16.7 Å². The summed E-state index contributed by atoms with van der Waals surface area (Å²) < 4.78 is 0.992. The Morgan fingerprint density at radius 1 is 1.17 bits per heavy atom. The van der Waals surface area contributed by atoms with Gasteiger partial charge in [-0.25, -0.2) is 0 Å². The minimum atomic E-state index is -0.000115. The van der Waals surface area contributed by atoms with Crippen LogP contribution in [0.3, 0.4) is 0 Å². The predicted octanol–water partition coefficient (Wildman–Crippen LogP) is 3.70. The van der Waals surface area contributed by atoms with Crippen LogP contribution in [0.4, 0.5) is 0 Å². The van der Waals surface area contributed by atoms with Gasteiger partial charge in [-0.2, -0.15) is 0 Å². The second-order valence-electron chi connectivity index (χ2n) is 4.58. The van der Waals surface area contributed by atoms with Gasteiger partial charge in [0.05, 0.1) is 0 Å². The van der Waals surface area contributed by atoms with Crippen molar-refractivity contribution in [3.05, 3.63) is 63.4 Å². The average molecular weight is 305 g/mol. The third kappa shape index (κ3) is 2.98. The van der Waals surface area contributed by atoms with Crippen molar-refractivity contribution in [3.63, 3.8) is 0 Å². The number of rotatable bonds is 3. The number of hydrogen-bond acceptors (Lipinski definition) is 2. The molecule has 1 unspecified atom stereocenters. The highest BCUT2D eigenvalue weighted by Gasteiger charge is 2.12. The van der Waals surface area contributed by atoms with Crippen LogP contribution in [0.2, 0.25) is 0 Å². The van der Waals surface area contributed by atoms with Crippen LogP contribution in [0, 0.1) is 13.8 Å². The molecule has 18 heavy (non-hydrogen) atoms. The van der Waals surface area contributed by atoms with E-state index in [2.05, 4.69) is 53.0 Å². The maximum Gasteiger partial charge on any atom is 0.0423 e. The largest absolute Gasteiger partial charge is 0.324 e. The summed E-state index contributed by atoms with van der Waals surface area (Å²) in [5, 5.41) is 0. The van der Waals surface area contributed by atoms with Crippen LogP contribution in [0.15, 0.2) is 41.0 Å². The first kappa shape index (κ1) is 13.2. The first-order valence-electron chi connectivity index (χ1n) is 6.00. The summed E-state index contributed by atoms with van der Waals surface area (Å²) in [6.45, 7) is 4.22. The molecule has 3 heteroatoms. The zero-order valence-electron chi connectivity index (χ0n) is 10.7. The van der Waals surface area contributed by atoms with Crippen LogP contribution < -0.4 is 5.73 Å². The van der Waals surface area contributed by atoms with Crippen molar-refractivity contribution in [1.82, 2.24) is 4.98 Å². The molecule has 0 aliphatic heterocycles. The summed E-state index contributed by atoms with van der Waals surface area (Å²) in [5.74, 6) is 0. The molecule has 0 spiro atoms. The lowest BCUT2D eigenvalue weighted by Crippen LogP contribution is -2.16. The Bertz CT molecular complexity index is 514. The molecule has 0 saturated carbocycles. The van der Waals surface area contributed by atoms with Gasteiger partial charge in [0.25, 0.3) is 0 Å². The lowest BCUT2D eigenvalue weighted by atomic mass is 9.94. The van der Waals surface area contributed by atoms with Gasteiger partial charge in [0, 0.05) is 28.8 Å². The Kier molecular flexibility index (Phi) is 4.15. The average Bonchev–Trinajstić information content (AvgIpc) is 2.32. The Hall–Kier alpha value is -1.19. The topological polar surface area (TPSA) is 38.9 Å². The molecule has 1 aromatic heterocycles. The van der Waals surface area contributed by atoms with Crippen LogP contribution in [-0.4, -0.2) is 4.98 Å². The Morgan fingerprint density at radius 2 is 1.83 bits per heavy atom.